The van der Waals surface area contributed by atoms with Crippen LogP contribution in [0.3, 0.4) is 0 Å². The lowest BCUT2D eigenvalue weighted by atomic mass is 9.85. The van der Waals surface area contributed by atoms with Crippen LogP contribution in [0.15, 0.2) is 60.7 Å². The smallest absolute Gasteiger partial charge is 0.243 e. The third-order valence-corrected chi connectivity index (χ3v) is 5.62. The predicted molar refractivity (Wildman–Crippen MR) is 132 cm³/mol. The number of hydrogen-bond acceptors (Lipinski definition) is 4. The molecule has 0 aliphatic rings. The van der Waals surface area contributed by atoms with Crippen LogP contribution in [-0.2, 0) is 32.2 Å². The van der Waals surface area contributed by atoms with Crippen molar-refractivity contribution in [3.05, 3.63) is 71.8 Å². The van der Waals surface area contributed by atoms with Crippen molar-refractivity contribution in [3.63, 3.8) is 0 Å². The number of nitrogens with zero attached hydrogens (tertiary/aromatic N) is 1. The van der Waals surface area contributed by atoms with Gasteiger partial charge in [-0.2, -0.15) is 0 Å². The molecule has 0 aliphatic carbocycles. The molecule has 2 rings (SSSR count). The van der Waals surface area contributed by atoms with Gasteiger partial charge in [0.15, 0.2) is 0 Å². The fourth-order valence-electron chi connectivity index (χ4n) is 3.57. The minimum Gasteiger partial charge on any atom is -0.357 e. The zero-order valence-electron chi connectivity index (χ0n) is 20.8. The number of hydroxylamine groups is 2. The normalized spacial score (nSPS) is 13.0. The van der Waals surface area contributed by atoms with E-state index >= 15 is 0 Å². The minimum absolute atomic E-state index is 0.0887. The molecule has 0 saturated heterocycles. The molecule has 2 N–H and O–H groups in total. The van der Waals surface area contributed by atoms with Gasteiger partial charge in [0.2, 0.25) is 17.7 Å². The van der Waals surface area contributed by atoms with E-state index < -0.39 is 17.4 Å². The molecule has 0 unspecified atom stereocenters. The number of rotatable bonds is 11. The number of carbonyl (C=O) groups is 3. The largest absolute Gasteiger partial charge is 0.357 e. The second-order valence-electron chi connectivity index (χ2n) is 9.48. The van der Waals surface area contributed by atoms with E-state index in [-0.39, 0.29) is 30.9 Å². The fraction of sp³-hybridized carbons (Fsp3) is 0.444. The minimum atomic E-state index is -0.708. The fourth-order valence-corrected chi connectivity index (χ4v) is 3.57. The van der Waals surface area contributed by atoms with Crippen molar-refractivity contribution in [2.75, 3.05) is 13.6 Å². The Balaban J connectivity index is 2.19. The maximum absolute atomic E-state index is 13.4. The molecule has 0 aromatic heterocycles. The summed E-state index contributed by atoms with van der Waals surface area (Å²) in [7, 11) is 1.55. The second-order valence-corrected chi connectivity index (χ2v) is 9.48. The molecule has 7 heteroatoms. The highest BCUT2D eigenvalue weighted by Crippen LogP contribution is 2.21. The molecule has 0 spiro atoms. The van der Waals surface area contributed by atoms with E-state index in [1.54, 1.807) is 7.05 Å². The average Bonchev–Trinajstić information content (AvgIpc) is 2.81. The highest BCUT2D eigenvalue weighted by atomic mass is 16.7. The van der Waals surface area contributed by atoms with Gasteiger partial charge in [-0.3, -0.25) is 19.2 Å². The van der Waals surface area contributed by atoms with Gasteiger partial charge in [0.1, 0.15) is 12.6 Å². The molecule has 0 heterocycles. The zero-order chi connectivity index (χ0) is 25.1. The highest BCUT2D eigenvalue weighted by molar-refractivity contribution is 5.89. The molecular formula is C27H37N3O4. The molecule has 0 fully saturated rings. The first-order valence-corrected chi connectivity index (χ1v) is 11.6. The Bertz CT molecular complexity index is 926. The molecule has 7 nitrogen and oxygen atoms in total. The van der Waals surface area contributed by atoms with Crippen molar-refractivity contribution in [2.45, 2.75) is 53.2 Å². The van der Waals surface area contributed by atoms with Crippen LogP contribution >= 0.6 is 0 Å². The van der Waals surface area contributed by atoms with Crippen LogP contribution < -0.4 is 10.6 Å². The van der Waals surface area contributed by atoms with Gasteiger partial charge >= 0.3 is 0 Å². The van der Waals surface area contributed by atoms with Crippen molar-refractivity contribution < 1.29 is 19.2 Å². The maximum Gasteiger partial charge on any atom is 0.243 e. The Hall–Kier alpha value is -3.19. The molecular weight excluding hydrogens is 430 g/mol. The summed E-state index contributed by atoms with van der Waals surface area (Å²) in [6, 6.07) is 18.7. The van der Waals surface area contributed by atoms with Gasteiger partial charge in [0.05, 0.1) is 12.5 Å². The molecule has 2 atom stereocenters. The van der Waals surface area contributed by atoms with Crippen LogP contribution in [0.1, 0.15) is 45.2 Å². The average molecular weight is 468 g/mol. The van der Waals surface area contributed by atoms with E-state index in [4.69, 9.17) is 4.84 Å². The van der Waals surface area contributed by atoms with Gasteiger partial charge in [-0.05, 0) is 29.4 Å². The third-order valence-electron chi connectivity index (χ3n) is 5.62. The molecule has 2 aromatic rings. The number of hydrogen-bond donors (Lipinski definition) is 2. The van der Waals surface area contributed by atoms with Crippen LogP contribution in [0.2, 0.25) is 0 Å². The first kappa shape index (κ1) is 27.1. The van der Waals surface area contributed by atoms with E-state index in [1.165, 1.54) is 12.0 Å². The summed E-state index contributed by atoms with van der Waals surface area (Å²) in [5, 5.41) is 6.79. The monoisotopic (exact) mass is 467 g/mol. The lowest BCUT2D eigenvalue weighted by Crippen LogP contribution is -2.55. The summed E-state index contributed by atoms with van der Waals surface area (Å²) in [5.41, 5.74) is 1.54. The van der Waals surface area contributed by atoms with Gasteiger partial charge in [0, 0.05) is 14.0 Å². The van der Waals surface area contributed by atoms with E-state index in [0.29, 0.717) is 12.8 Å². The maximum atomic E-state index is 13.4. The zero-order valence-corrected chi connectivity index (χ0v) is 20.8. The quantitative estimate of drug-likeness (QED) is 0.495. The third kappa shape index (κ3) is 8.63. The SMILES string of the molecule is CNC(=O)[C@@H](NC(=O)[C@@H](CCc1ccccc1)CN(OCc1ccccc1)C(C)=O)C(C)(C)C. The molecule has 3 amide bonds. The van der Waals surface area contributed by atoms with Crippen molar-refractivity contribution in [2.24, 2.45) is 11.3 Å². The number of nitrogens with one attached hydrogen (secondary N) is 2. The molecule has 2 aromatic carbocycles. The molecule has 184 valence electrons. The van der Waals surface area contributed by atoms with Crippen molar-refractivity contribution in [3.8, 4) is 0 Å². The Kier molecular flexibility index (Phi) is 10.3. The summed E-state index contributed by atoms with van der Waals surface area (Å²) in [6.45, 7) is 7.42. The topological polar surface area (TPSA) is 87.7 Å². The van der Waals surface area contributed by atoms with Crippen LogP contribution in [0.5, 0.6) is 0 Å². The highest BCUT2D eigenvalue weighted by Gasteiger charge is 2.34. The number of amides is 3. The van der Waals surface area contributed by atoms with Crippen LogP contribution in [0.25, 0.3) is 0 Å². The Morgan fingerprint density at radius 2 is 1.47 bits per heavy atom. The molecule has 0 radical (unpaired) electrons. The van der Waals surface area contributed by atoms with E-state index in [0.717, 1.165) is 11.1 Å². The number of likely N-dealkylation sites (N-methyl/N-ethyl adjacent to an activating group) is 1. The summed E-state index contributed by atoms with van der Waals surface area (Å²) in [5.74, 6) is -1.39. The van der Waals surface area contributed by atoms with Crippen molar-refractivity contribution in [1.82, 2.24) is 15.7 Å². The van der Waals surface area contributed by atoms with Crippen LogP contribution in [0, 0.1) is 11.3 Å². The Morgan fingerprint density at radius 1 is 0.912 bits per heavy atom. The Labute approximate surface area is 202 Å². The van der Waals surface area contributed by atoms with E-state index in [9.17, 15) is 14.4 Å². The molecule has 0 saturated carbocycles. The molecule has 0 bridgehead atoms. The van der Waals surface area contributed by atoms with Gasteiger partial charge < -0.3 is 10.6 Å². The van der Waals surface area contributed by atoms with Crippen LogP contribution in [-0.4, -0.2) is 42.4 Å². The van der Waals surface area contributed by atoms with E-state index in [1.807, 2.05) is 81.4 Å². The predicted octanol–water partition coefficient (Wildman–Crippen LogP) is 3.49. The number of carbonyl (C=O) groups excluding carboxylic acids is 3. The molecule has 34 heavy (non-hydrogen) atoms. The van der Waals surface area contributed by atoms with Gasteiger partial charge in [0.25, 0.3) is 0 Å². The summed E-state index contributed by atoms with van der Waals surface area (Å²) in [4.78, 5) is 44.0. The van der Waals surface area contributed by atoms with E-state index in [2.05, 4.69) is 10.6 Å². The summed E-state index contributed by atoms with van der Waals surface area (Å²) in [6.07, 6.45) is 1.16. The Morgan fingerprint density at radius 3 is 1.97 bits per heavy atom. The second kappa shape index (κ2) is 12.9. The van der Waals surface area contributed by atoms with Crippen molar-refractivity contribution >= 4 is 17.7 Å². The number of aryl methyl sites for hydroxylation is 1. The summed E-state index contributed by atoms with van der Waals surface area (Å²) < 4.78 is 0. The summed E-state index contributed by atoms with van der Waals surface area (Å²) >= 11 is 0. The number of benzene rings is 2. The standard InChI is InChI=1S/C27H37N3O4/c1-20(31)30(34-19-22-14-10-7-11-15-22)18-23(17-16-21-12-8-6-9-13-21)25(32)29-24(26(33)28-5)27(2,3)4/h6-15,23-24H,16-19H2,1-5H3,(H,28,33)(H,29,32)/t23-,24+/m0/s1. The van der Waals surface area contributed by atoms with Crippen LogP contribution in [0.4, 0.5) is 0 Å². The molecule has 0 aliphatic heterocycles. The first-order chi connectivity index (χ1) is 16.1. The lowest BCUT2D eigenvalue weighted by molar-refractivity contribution is -0.193. The van der Waals surface area contributed by atoms with Gasteiger partial charge in [-0.1, -0.05) is 81.4 Å². The van der Waals surface area contributed by atoms with Gasteiger partial charge in [-0.15, -0.1) is 0 Å². The first-order valence-electron chi connectivity index (χ1n) is 11.6. The van der Waals surface area contributed by atoms with Crippen molar-refractivity contribution in [1.29, 1.82) is 0 Å². The van der Waals surface area contributed by atoms with Gasteiger partial charge in [-0.25, -0.2) is 5.06 Å². The lowest BCUT2D eigenvalue weighted by Gasteiger charge is -2.32.